The van der Waals surface area contributed by atoms with Gasteiger partial charge in [-0.1, -0.05) is 97.1 Å². The zero-order valence-corrected chi connectivity index (χ0v) is 29.8. The summed E-state index contributed by atoms with van der Waals surface area (Å²) in [6.07, 6.45) is 6.65. The highest BCUT2D eigenvalue weighted by molar-refractivity contribution is 6.05. The Hall–Kier alpha value is -6.07. The first-order valence-electron chi connectivity index (χ1n) is 19.4. The fourth-order valence-corrected chi connectivity index (χ4v) is 11.1. The van der Waals surface area contributed by atoms with Crippen molar-refractivity contribution in [2.75, 3.05) is 0 Å². The molecule has 6 aromatic carbocycles. The molecule has 1 aliphatic heterocycles. The number of para-hydroxylation sites is 2. The van der Waals surface area contributed by atoms with Gasteiger partial charge in [0, 0.05) is 44.0 Å². The van der Waals surface area contributed by atoms with Gasteiger partial charge in [0.15, 0.2) is 17.5 Å². The number of rotatable bonds is 4. The molecule has 13 rings (SSSR count). The summed E-state index contributed by atoms with van der Waals surface area (Å²) in [7, 11) is 0. The summed E-state index contributed by atoms with van der Waals surface area (Å²) in [6, 6.07) is 49.0. The van der Waals surface area contributed by atoms with Crippen LogP contribution in [0.1, 0.15) is 43.2 Å². The molecule has 0 amide bonds. The van der Waals surface area contributed by atoms with E-state index in [9.17, 15) is 0 Å². The van der Waals surface area contributed by atoms with Crippen molar-refractivity contribution in [1.29, 1.82) is 0 Å². The van der Waals surface area contributed by atoms with Gasteiger partial charge in [0.25, 0.3) is 0 Å². The van der Waals surface area contributed by atoms with Gasteiger partial charge in [0.05, 0.1) is 0 Å². The summed E-state index contributed by atoms with van der Waals surface area (Å²) >= 11 is 0. The van der Waals surface area contributed by atoms with Crippen LogP contribution in [0.3, 0.4) is 0 Å². The number of hydrogen-bond donors (Lipinski definition) is 0. The fraction of sp³-hybridized carbons (Fsp3) is 0.204. The molecule has 5 aliphatic rings. The van der Waals surface area contributed by atoms with Crippen LogP contribution in [0.2, 0.25) is 0 Å². The Morgan fingerprint density at radius 2 is 1.00 bits per heavy atom. The summed E-state index contributed by atoms with van der Waals surface area (Å²) in [4.78, 5) is 15.4. The topological polar surface area (TPSA) is 61.0 Å². The molecule has 0 saturated heterocycles. The molecule has 2 aromatic heterocycles. The summed E-state index contributed by atoms with van der Waals surface area (Å²) in [5, 5.41) is 2.27. The zero-order chi connectivity index (χ0) is 35.4. The number of fused-ring (bicyclic) bond motifs is 5. The Balaban J connectivity index is 0.971. The summed E-state index contributed by atoms with van der Waals surface area (Å²) in [5.74, 6) is 6.97. The average molecular weight is 700 g/mol. The van der Waals surface area contributed by atoms with Crippen LogP contribution in [-0.4, -0.2) is 15.0 Å². The maximum Gasteiger partial charge on any atom is 0.164 e. The lowest BCUT2D eigenvalue weighted by molar-refractivity contribution is -0.0452. The summed E-state index contributed by atoms with van der Waals surface area (Å²) in [5.41, 5.74) is 9.56. The number of aromatic nitrogens is 3. The molecule has 4 bridgehead atoms. The van der Waals surface area contributed by atoms with Gasteiger partial charge in [0.1, 0.15) is 22.7 Å². The second kappa shape index (κ2) is 11.5. The van der Waals surface area contributed by atoms with Gasteiger partial charge in [-0.2, -0.15) is 0 Å². The smallest absolute Gasteiger partial charge is 0.164 e. The van der Waals surface area contributed by atoms with Crippen LogP contribution in [-0.2, 0) is 5.41 Å². The minimum atomic E-state index is -0.0487. The van der Waals surface area contributed by atoms with Crippen molar-refractivity contribution in [3.8, 4) is 56.8 Å². The number of nitrogens with zero attached hydrogens (tertiary/aromatic N) is 3. The summed E-state index contributed by atoms with van der Waals surface area (Å²) in [6.45, 7) is 0. The molecule has 0 unspecified atom stereocenters. The first-order chi connectivity index (χ1) is 26.7. The monoisotopic (exact) mass is 699 g/mol. The molecule has 3 heterocycles. The van der Waals surface area contributed by atoms with Crippen LogP contribution in [0, 0.1) is 23.7 Å². The lowest BCUT2D eigenvalue weighted by atomic mass is 9.42. The third-order valence-electron chi connectivity index (χ3n) is 13.2. The molecule has 8 aromatic rings. The molecule has 5 heteroatoms. The standard InChI is InChI=1S/C49H37N3O2/c1-2-8-32(9-3-1)46-50-47(33-16-14-31(15-17-33)34-18-20-39-38-10-4-6-12-42(38)53-45(39)28-34)52-48(51-46)35-19-21-44-41(27-35)49(40-11-5-7-13-43(40)54-44)36-23-29-22-30(25-36)26-37(49)24-29/h1-21,27-30,36-37H,22-26H2. The van der Waals surface area contributed by atoms with Gasteiger partial charge in [-0.05, 0) is 109 Å². The first kappa shape index (κ1) is 30.4. The molecule has 260 valence electrons. The van der Waals surface area contributed by atoms with Crippen LogP contribution in [0.5, 0.6) is 11.5 Å². The van der Waals surface area contributed by atoms with Crippen LogP contribution >= 0.6 is 0 Å². The van der Waals surface area contributed by atoms with Crippen LogP contribution in [0.15, 0.2) is 144 Å². The van der Waals surface area contributed by atoms with Crippen molar-refractivity contribution < 1.29 is 9.15 Å². The van der Waals surface area contributed by atoms with E-state index in [4.69, 9.17) is 24.1 Å². The molecule has 54 heavy (non-hydrogen) atoms. The van der Waals surface area contributed by atoms with E-state index in [-0.39, 0.29) is 5.41 Å². The molecule has 0 N–H and O–H groups in total. The molecule has 4 aliphatic carbocycles. The zero-order valence-electron chi connectivity index (χ0n) is 29.8. The van der Waals surface area contributed by atoms with E-state index in [1.165, 1.54) is 43.2 Å². The Kier molecular flexibility index (Phi) is 6.45. The molecule has 0 radical (unpaired) electrons. The Labute approximate surface area is 313 Å². The summed E-state index contributed by atoms with van der Waals surface area (Å²) < 4.78 is 12.9. The highest BCUT2D eigenvalue weighted by Crippen LogP contribution is 2.69. The molecule has 5 nitrogen and oxygen atoms in total. The Morgan fingerprint density at radius 1 is 0.426 bits per heavy atom. The van der Waals surface area contributed by atoms with E-state index in [1.54, 1.807) is 0 Å². The van der Waals surface area contributed by atoms with E-state index in [0.717, 1.165) is 73.1 Å². The largest absolute Gasteiger partial charge is 0.457 e. The molecule has 0 atom stereocenters. The SMILES string of the molecule is c1ccc(-c2nc(-c3ccc(-c4ccc5c(c4)oc4ccccc45)cc3)nc(-c3ccc4c(c3)C3(c5ccccc5O4)C4CC5CC(C4)CC3C5)n2)cc1. The molecule has 4 saturated carbocycles. The first-order valence-corrected chi connectivity index (χ1v) is 19.4. The molecular formula is C49H37N3O2. The lowest BCUT2D eigenvalue weighted by Gasteiger charge is -2.63. The van der Waals surface area contributed by atoms with Crippen LogP contribution < -0.4 is 4.74 Å². The van der Waals surface area contributed by atoms with Crippen molar-refractivity contribution in [2.45, 2.75) is 37.5 Å². The molecule has 4 fully saturated rings. The predicted molar refractivity (Wildman–Crippen MR) is 213 cm³/mol. The van der Waals surface area contributed by atoms with Gasteiger partial charge in [-0.25, -0.2) is 15.0 Å². The number of furan rings is 1. The van der Waals surface area contributed by atoms with Gasteiger partial charge in [-0.15, -0.1) is 0 Å². The fourth-order valence-electron chi connectivity index (χ4n) is 11.1. The van der Waals surface area contributed by atoms with Gasteiger partial charge in [0.2, 0.25) is 0 Å². The van der Waals surface area contributed by atoms with Gasteiger partial charge < -0.3 is 9.15 Å². The molecule has 1 spiro atoms. The third kappa shape index (κ3) is 4.48. The molecular weight excluding hydrogens is 663 g/mol. The van der Waals surface area contributed by atoms with E-state index in [0.29, 0.717) is 29.3 Å². The van der Waals surface area contributed by atoms with E-state index in [2.05, 4.69) is 109 Å². The minimum absolute atomic E-state index is 0.0487. The Bertz CT molecular complexity index is 2740. The maximum atomic E-state index is 6.71. The highest BCUT2D eigenvalue weighted by Gasteiger charge is 2.61. The van der Waals surface area contributed by atoms with Crippen molar-refractivity contribution in [1.82, 2.24) is 15.0 Å². The number of benzene rings is 6. The van der Waals surface area contributed by atoms with Gasteiger partial charge >= 0.3 is 0 Å². The Morgan fingerprint density at radius 3 is 1.78 bits per heavy atom. The van der Waals surface area contributed by atoms with Gasteiger partial charge in [-0.3, -0.25) is 0 Å². The van der Waals surface area contributed by atoms with Crippen LogP contribution in [0.25, 0.3) is 67.2 Å². The average Bonchev–Trinajstić information content (AvgIpc) is 3.60. The van der Waals surface area contributed by atoms with E-state index >= 15 is 0 Å². The third-order valence-corrected chi connectivity index (χ3v) is 13.2. The number of ether oxygens (including phenoxy) is 1. The van der Waals surface area contributed by atoms with Crippen molar-refractivity contribution in [2.24, 2.45) is 23.7 Å². The second-order valence-corrected chi connectivity index (χ2v) is 16.0. The quantitative estimate of drug-likeness (QED) is 0.183. The highest BCUT2D eigenvalue weighted by atomic mass is 16.5. The van der Waals surface area contributed by atoms with E-state index in [1.807, 2.05) is 30.3 Å². The number of hydrogen-bond acceptors (Lipinski definition) is 5. The second-order valence-electron chi connectivity index (χ2n) is 16.0. The lowest BCUT2D eigenvalue weighted by Crippen LogP contribution is -2.56. The van der Waals surface area contributed by atoms with E-state index < -0.39 is 0 Å². The predicted octanol–water partition coefficient (Wildman–Crippen LogP) is 12.3. The van der Waals surface area contributed by atoms with Crippen molar-refractivity contribution in [3.05, 3.63) is 151 Å². The van der Waals surface area contributed by atoms with Crippen LogP contribution in [0.4, 0.5) is 0 Å². The van der Waals surface area contributed by atoms with Crippen molar-refractivity contribution in [3.63, 3.8) is 0 Å². The van der Waals surface area contributed by atoms with Crippen molar-refractivity contribution >= 4 is 21.9 Å². The normalized spacial score (nSPS) is 23.4. The maximum absolute atomic E-state index is 6.71. The minimum Gasteiger partial charge on any atom is -0.457 e.